The highest BCUT2D eigenvalue weighted by Crippen LogP contribution is 2.36. The van der Waals surface area contributed by atoms with E-state index in [9.17, 15) is 9.59 Å². The van der Waals surface area contributed by atoms with E-state index in [-0.39, 0.29) is 23.6 Å². The molecule has 2 unspecified atom stereocenters. The molecule has 1 aliphatic rings. The molecule has 38 heavy (non-hydrogen) atoms. The Hall–Kier alpha value is -3.13. The van der Waals surface area contributed by atoms with Gasteiger partial charge in [-0.15, -0.1) is 23.1 Å². The number of amides is 1. The van der Waals surface area contributed by atoms with E-state index in [1.165, 1.54) is 45.0 Å². The highest BCUT2D eigenvalue weighted by molar-refractivity contribution is 8.00. The minimum Gasteiger partial charge on any atom is -0.481 e. The lowest BCUT2D eigenvalue weighted by Gasteiger charge is -2.39. The van der Waals surface area contributed by atoms with E-state index < -0.39 is 5.97 Å². The Morgan fingerprint density at radius 2 is 1.82 bits per heavy atom. The summed E-state index contributed by atoms with van der Waals surface area (Å²) in [6, 6.07) is 27.6. The number of rotatable bonds is 9. The number of hydrogen-bond acceptors (Lipinski definition) is 5. The van der Waals surface area contributed by atoms with Crippen LogP contribution in [0.1, 0.15) is 46.1 Å². The second-order valence-electron chi connectivity index (χ2n) is 9.81. The number of fused-ring (bicyclic) bond motifs is 1. The van der Waals surface area contributed by atoms with Crippen molar-refractivity contribution in [2.45, 2.75) is 30.2 Å². The molecule has 5 nitrogen and oxygen atoms in total. The molecule has 1 fully saturated rings. The van der Waals surface area contributed by atoms with Crippen LogP contribution >= 0.6 is 23.1 Å². The molecule has 5 rings (SSSR count). The van der Waals surface area contributed by atoms with Crippen molar-refractivity contribution in [2.75, 3.05) is 25.4 Å². The number of carboxylic acids is 1. The summed E-state index contributed by atoms with van der Waals surface area (Å²) in [5.74, 6) is -0.315. The zero-order chi connectivity index (χ0) is 26.5. The number of benzene rings is 3. The molecule has 0 bridgehead atoms. The summed E-state index contributed by atoms with van der Waals surface area (Å²) in [5, 5.41) is 17.3. The van der Waals surface area contributed by atoms with Crippen molar-refractivity contribution < 1.29 is 14.7 Å². The molecule has 1 saturated heterocycles. The number of carbonyl (C=O) groups excluding carboxylic acids is 1. The molecule has 3 aromatic carbocycles. The minimum atomic E-state index is -0.880. The standard InChI is InChI=1S/C31H32N2O3S2/c1-21(25-13-7-11-22-10-5-6-12-26(22)25)32-18-24-14-16-33(19-27(24)23-8-3-2-4-9-23)31(36)30-28(15-17-37-30)38-20-29(34)35/h2-13,15,17,21,24,27,32H,14,16,18-20H2,1H3,(H,34,35)/t21-,24?,27?/m1/s1. The molecular weight excluding hydrogens is 512 g/mol. The third kappa shape index (κ3) is 5.96. The molecule has 0 radical (unpaired) electrons. The van der Waals surface area contributed by atoms with E-state index in [4.69, 9.17) is 5.11 Å². The molecule has 1 aliphatic heterocycles. The first-order chi connectivity index (χ1) is 18.5. The van der Waals surface area contributed by atoms with Crippen LogP contribution in [0, 0.1) is 5.92 Å². The Kier molecular flexibility index (Phi) is 8.47. The molecule has 7 heteroatoms. The van der Waals surface area contributed by atoms with Crippen molar-refractivity contribution in [3.63, 3.8) is 0 Å². The van der Waals surface area contributed by atoms with Crippen molar-refractivity contribution in [1.82, 2.24) is 10.2 Å². The smallest absolute Gasteiger partial charge is 0.313 e. The summed E-state index contributed by atoms with van der Waals surface area (Å²) in [6.07, 6.45) is 0.906. The van der Waals surface area contributed by atoms with Gasteiger partial charge in [0.15, 0.2) is 0 Å². The molecular formula is C31H32N2O3S2. The van der Waals surface area contributed by atoms with Gasteiger partial charge >= 0.3 is 5.97 Å². The second-order valence-corrected chi connectivity index (χ2v) is 11.7. The molecule has 1 aromatic heterocycles. The van der Waals surface area contributed by atoms with E-state index in [0.29, 0.717) is 23.9 Å². The van der Waals surface area contributed by atoms with E-state index in [0.717, 1.165) is 17.9 Å². The monoisotopic (exact) mass is 544 g/mol. The van der Waals surface area contributed by atoms with Crippen molar-refractivity contribution in [1.29, 1.82) is 0 Å². The lowest BCUT2D eigenvalue weighted by molar-refractivity contribution is -0.133. The molecule has 0 saturated carbocycles. The SMILES string of the molecule is C[C@@H](NCC1CCN(C(=O)c2sccc2SCC(=O)O)CC1c1ccccc1)c1cccc2ccccc12. The van der Waals surface area contributed by atoms with Gasteiger partial charge in [-0.2, -0.15) is 0 Å². The van der Waals surface area contributed by atoms with E-state index in [1.807, 2.05) is 22.4 Å². The van der Waals surface area contributed by atoms with Crippen molar-refractivity contribution >= 4 is 45.7 Å². The van der Waals surface area contributed by atoms with E-state index in [2.05, 4.69) is 79.0 Å². The summed E-state index contributed by atoms with van der Waals surface area (Å²) in [7, 11) is 0. The summed E-state index contributed by atoms with van der Waals surface area (Å²) in [6.45, 7) is 4.44. The van der Waals surface area contributed by atoms with Crippen LogP contribution in [0.25, 0.3) is 10.8 Å². The predicted octanol–water partition coefficient (Wildman–Crippen LogP) is 6.67. The number of carbonyl (C=O) groups is 2. The van der Waals surface area contributed by atoms with Gasteiger partial charge in [0, 0.05) is 29.9 Å². The lowest BCUT2D eigenvalue weighted by atomic mass is 9.80. The number of thiophene rings is 1. The van der Waals surface area contributed by atoms with E-state index in [1.54, 1.807) is 0 Å². The van der Waals surface area contributed by atoms with Gasteiger partial charge < -0.3 is 15.3 Å². The number of hydrogen-bond donors (Lipinski definition) is 2. The highest BCUT2D eigenvalue weighted by Gasteiger charge is 2.34. The van der Waals surface area contributed by atoms with Crippen LogP contribution in [0.5, 0.6) is 0 Å². The van der Waals surface area contributed by atoms with Crippen molar-refractivity contribution in [3.8, 4) is 0 Å². The molecule has 2 N–H and O–H groups in total. The first kappa shape index (κ1) is 26.5. The average Bonchev–Trinajstić information content (AvgIpc) is 3.43. The summed E-state index contributed by atoms with van der Waals surface area (Å²) in [5.41, 5.74) is 2.55. The average molecular weight is 545 g/mol. The Bertz CT molecular complexity index is 1400. The fraction of sp³-hybridized carbons (Fsp3) is 0.290. The van der Waals surface area contributed by atoms with Gasteiger partial charge in [0.25, 0.3) is 5.91 Å². The Morgan fingerprint density at radius 3 is 2.63 bits per heavy atom. The van der Waals surface area contributed by atoms with Gasteiger partial charge in [0.1, 0.15) is 4.88 Å². The second kappa shape index (κ2) is 12.2. The predicted molar refractivity (Wildman–Crippen MR) is 156 cm³/mol. The fourth-order valence-corrected chi connectivity index (χ4v) is 7.25. The first-order valence-electron chi connectivity index (χ1n) is 13.0. The first-order valence-corrected chi connectivity index (χ1v) is 14.8. The summed E-state index contributed by atoms with van der Waals surface area (Å²) in [4.78, 5) is 28.0. The Balaban J connectivity index is 1.31. The normalized spacial score (nSPS) is 18.4. The van der Waals surface area contributed by atoms with Gasteiger partial charge in [-0.25, -0.2) is 0 Å². The number of piperidine rings is 1. The van der Waals surface area contributed by atoms with Gasteiger partial charge in [-0.1, -0.05) is 72.8 Å². The van der Waals surface area contributed by atoms with Crippen LogP contribution in [0.3, 0.4) is 0 Å². The lowest BCUT2D eigenvalue weighted by Crippen LogP contribution is -2.45. The fourth-order valence-electron chi connectivity index (χ4n) is 5.42. The topological polar surface area (TPSA) is 69.6 Å². The third-order valence-electron chi connectivity index (χ3n) is 7.42. The number of likely N-dealkylation sites (tertiary alicyclic amines) is 1. The van der Waals surface area contributed by atoms with Crippen LogP contribution in [0.2, 0.25) is 0 Å². The maximum absolute atomic E-state index is 13.5. The van der Waals surface area contributed by atoms with Crippen molar-refractivity contribution in [3.05, 3.63) is 100 Å². The number of thioether (sulfide) groups is 1. The van der Waals surface area contributed by atoms with Crippen LogP contribution < -0.4 is 5.32 Å². The largest absolute Gasteiger partial charge is 0.481 e. The van der Waals surface area contributed by atoms with Crippen molar-refractivity contribution in [2.24, 2.45) is 5.92 Å². The number of carboxylic acid groups (broad SMARTS) is 1. The molecule has 0 aliphatic carbocycles. The molecule has 3 atom stereocenters. The maximum Gasteiger partial charge on any atom is 0.313 e. The molecule has 1 amide bonds. The highest BCUT2D eigenvalue weighted by atomic mass is 32.2. The number of nitrogens with one attached hydrogen (secondary N) is 1. The Morgan fingerprint density at radius 1 is 1.05 bits per heavy atom. The van der Waals surface area contributed by atoms with Crippen LogP contribution in [-0.2, 0) is 4.79 Å². The summed E-state index contributed by atoms with van der Waals surface area (Å²) < 4.78 is 0. The van der Waals surface area contributed by atoms with Crippen LogP contribution in [0.15, 0.2) is 89.1 Å². The van der Waals surface area contributed by atoms with Gasteiger partial charge in [0.05, 0.1) is 5.75 Å². The zero-order valence-corrected chi connectivity index (χ0v) is 23.0. The third-order valence-corrected chi connectivity index (χ3v) is 9.50. The van der Waals surface area contributed by atoms with Gasteiger partial charge in [0.2, 0.25) is 0 Å². The zero-order valence-electron chi connectivity index (χ0n) is 21.4. The molecule has 196 valence electrons. The van der Waals surface area contributed by atoms with E-state index >= 15 is 0 Å². The molecule has 4 aromatic rings. The van der Waals surface area contributed by atoms with Crippen LogP contribution in [-0.4, -0.2) is 47.3 Å². The molecule has 2 heterocycles. The van der Waals surface area contributed by atoms with Gasteiger partial charge in [-0.3, -0.25) is 9.59 Å². The number of aliphatic carboxylic acids is 1. The Labute approximate surface area is 231 Å². The summed E-state index contributed by atoms with van der Waals surface area (Å²) >= 11 is 2.61. The maximum atomic E-state index is 13.5. The number of nitrogens with zero attached hydrogens (tertiary/aromatic N) is 1. The van der Waals surface area contributed by atoms with Crippen LogP contribution in [0.4, 0.5) is 0 Å². The molecule has 0 spiro atoms. The quantitative estimate of drug-likeness (QED) is 0.230. The van der Waals surface area contributed by atoms with Gasteiger partial charge in [-0.05, 0) is 59.2 Å². The minimum absolute atomic E-state index is 0.00403.